The monoisotopic (exact) mass is 184 g/mol. The third-order valence-electron chi connectivity index (χ3n) is 1.07. The zero-order valence-corrected chi connectivity index (χ0v) is 5.83. The van der Waals surface area contributed by atoms with E-state index in [-0.39, 0.29) is 2.85 Å². The summed E-state index contributed by atoms with van der Waals surface area (Å²) in [4.78, 5) is 0. The Bertz CT molecular complexity index is 138. The van der Waals surface area contributed by atoms with Gasteiger partial charge in [-0.1, -0.05) is 0 Å². The van der Waals surface area contributed by atoms with E-state index in [9.17, 15) is 0 Å². The predicted molar refractivity (Wildman–Crippen MR) is 28.7 cm³/mol. The zero-order valence-electron chi connectivity index (χ0n) is 6.20. The Morgan fingerprint density at radius 2 is 2.57 bits per heavy atom. The molecule has 0 atom stereocenters. The normalized spacial score (nSPS) is 19.3. The molecule has 1 rings (SSSR count). The second-order valence-corrected chi connectivity index (χ2v) is 2.66. The molecular weight excluding hydrogens is 175 g/mol. The summed E-state index contributed by atoms with van der Waals surface area (Å²) in [5.74, 6) is 0. The first kappa shape index (κ1) is 5.24. The first-order valence-corrected chi connectivity index (χ1v) is 3.12. The van der Waals surface area contributed by atoms with Crippen LogP contribution in [0.2, 0.25) is 0 Å². The van der Waals surface area contributed by atoms with E-state index < -0.39 is 0 Å². The molecule has 0 unspecified atom stereocenters. The molecule has 0 aromatic rings. The molecule has 0 N–H and O–H groups in total. The maximum Gasteiger partial charge on any atom is -1.00 e. The predicted octanol–water partition coefficient (Wildman–Crippen LogP) is 1.99. The molecule has 0 aromatic carbocycles. The fourth-order valence-corrected chi connectivity index (χ4v) is 0.911. The van der Waals surface area contributed by atoms with Crippen LogP contribution in [-0.4, -0.2) is 0 Å². The Labute approximate surface area is 56.9 Å². The second kappa shape index (κ2) is 1.92. The molecule has 44 valence electrons. The zero-order chi connectivity index (χ0) is 5.28. The molecule has 0 aromatic heterocycles. The van der Waals surface area contributed by atoms with Crippen molar-refractivity contribution in [2.75, 3.05) is 0 Å². The van der Waals surface area contributed by atoms with Gasteiger partial charge >= 0.3 is 53.5 Å². The maximum absolute atomic E-state index is 2.91. The van der Waals surface area contributed by atoms with E-state index in [4.69, 9.17) is 0 Å². The van der Waals surface area contributed by atoms with Gasteiger partial charge in [-0.15, -0.1) is 0 Å². The molecular formula is C6H9Rh-2. The van der Waals surface area contributed by atoms with Crippen LogP contribution in [-0.2, 0) is 18.3 Å². The fraction of sp³-hybridized carbons (Fsp3) is 0.333. The van der Waals surface area contributed by atoms with Crippen LogP contribution in [0.25, 0.3) is 0 Å². The van der Waals surface area contributed by atoms with Crippen molar-refractivity contribution in [1.29, 1.82) is 0 Å². The van der Waals surface area contributed by atoms with Crippen molar-refractivity contribution in [3.63, 3.8) is 0 Å². The van der Waals surface area contributed by atoms with Gasteiger partial charge in [0, 0.05) is 0 Å². The van der Waals surface area contributed by atoms with E-state index in [1.165, 1.54) is 9.74 Å². The summed E-state index contributed by atoms with van der Waals surface area (Å²) in [7, 11) is 0. The van der Waals surface area contributed by atoms with Crippen molar-refractivity contribution in [2.24, 2.45) is 0 Å². The average Bonchev–Trinajstić information content (AvgIpc) is 1.91. The Morgan fingerprint density at radius 1 is 1.86 bits per heavy atom. The molecule has 0 fully saturated rings. The molecule has 1 heteroatoms. The maximum atomic E-state index is 2.91. The number of hydrogen-bond donors (Lipinski definition) is 0. The van der Waals surface area contributed by atoms with Gasteiger partial charge in [-0.25, -0.2) is 0 Å². The first-order chi connectivity index (χ1) is 3.30. The molecule has 0 spiro atoms. The van der Waals surface area contributed by atoms with E-state index in [2.05, 4.69) is 37.4 Å². The topological polar surface area (TPSA) is 0 Å². The number of rotatable bonds is 0. The third kappa shape index (κ3) is 1.01. The van der Waals surface area contributed by atoms with Gasteiger partial charge < -0.3 is 2.85 Å². The minimum Gasteiger partial charge on any atom is -1.00 e. The van der Waals surface area contributed by atoms with E-state index in [1.807, 2.05) is 0 Å². The van der Waals surface area contributed by atoms with Crippen molar-refractivity contribution >= 4 is 0 Å². The summed E-state index contributed by atoms with van der Waals surface area (Å²) >= 11 is 2.91. The van der Waals surface area contributed by atoms with Gasteiger partial charge in [0.2, 0.25) is 0 Å². The number of allylic oxidation sites excluding steroid dienone is 4. The second-order valence-electron chi connectivity index (χ2n) is 1.67. The molecule has 0 nitrogen and oxygen atoms in total. The van der Waals surface area contributed by atoms with Crippen LogP contribution in [0, 0.1) is 0 Å². The van der Waals surface area contributed by atoms with Crippen molar-refractivity contribution in [3.8, 4) is 0 Å². The van der Waals surface area contributed by atoms with Crippen LogP contribution in [0.1, 0.15) is 16.2 Å². The fourth-order valence-electron chi connectivity index (χ4n) is 0.582. The number of hydrogen-bond acceptors (Lipinski definition) is 0. The van der Waals surface area contributed by atoms with Crippen LogP contribution >= 0.6 is 0 Å². The molecule has 1 aliphatic carbocycles. The van der Waals surface area contributed by atoms with Crippen molar-refractivity contribution in [2.45, 2.75) is 13.3 Å². The third-order valence-corrected chi connectivity index (χ3v) is 2.05. The molecule has 0 bridgehead atoms. The largest absolute Gasteiger partial charge is 1.00 e. The standard InChI is InChI=1S/C6H7.Rh.2H/c1-6-4-2-3-5-6;;;/h2,4H,3H2,1H3;;;/q;;2*-1. The van der Waals surface area contributed by atoms with Crippen LogP contribution in [0.15, 0.2) is 21.9 Å². The van der Waals surface area contributed by atoms with Gasteiger partial charge in [0.25, 0.3) is 0 Å². The molecule has 0 amide bonds. The SMILES string of the molecule is CC1=[C]([Rh])CC=C1.[H-].[H-]. The van der Waals surface area contributed by atoms with Gasteiger partial charge in [0.15, 0.2) is 0 Å². The first-order valence-electron chi connectivity index (χ1n) is 2.30. The van der Waals surface area contributed by atoms with Crippen LogP contribution in [0.3, 0.4) is 0 Å². The molecule has 0 heterocycles. The van der Waals surface area contributed by atoms with Crippen molar-refractivity contribution in [1.82, 2.24) is 0 Å². The molecule has 0 saturated heterocycles. The summed E-state index contributed by atoms with van der Waals surface area (Å²) < 4.78 is 1.40. The van der Waals surface area contributed by atoms with Crippen LogP contribution < -0.4 is 0 Å². The summed E-state index contributed by atoms with van der Waals surface area (Å²) in [5.41, 5.74) is 1.40. The van der Waals surface area contributed by atoms with Crippen molar-refractivity contribution in [3.05, 3.63) is 21.9 Å². The Hall–Kier alpha value is 0.103. The van der Waals surface area contributed by atoms with Crippen LogP contribution in [0.5, 0.6) is 0 Å². The minimum absolute atomic E-state index is 0. The summed E-state index contributed by atoms with van der Waals surface area (Å²) in [6.45, 7) is 2.12. The van der Waals surface area contributed by atoms with E-state index >= 15 is 0 Å². The van der Waals surface area contributed by atoms with Gasteiger partial charge in [-0.3, -0.25) is 0 Å². The average molecular weight is 184 g/mol. The smallest absolute Gasteiger partial charge is 1.00 e. The molecule has 0 aliphatic heterocycles. The summed E-state index contributed by atoms with van der Waals surface area (Å²) in [5, 5.41) is 0. The summed E-state index contributed by atoms with van der Waals surface area (Å²) in [6.07, 6.45) is 5.44. The van der Waals surface area contributed by atoms with E-state index in [0.29, 0.717) is 0 Å². The van der Waals surface area contributed by atoms with Crippen LogP contribution in [0.4, 0.5) is 0 Å². The van der Waals surface area contributed by atoms with E-state index in [0.717, 1.165) is 6.42 Å². The van der Waals surface area contributed by atoms with Crippen molar-refractivity contribution < 1.29 is 21.2 Å². The molecule has 7 heavy (non-hydrogen) atoms. The Morgan fingerprint density at radius 3 is 2.71 bits per heavy atom. The molecule has 1 aliphatic rings. The van der Waals surface area contributed by atoms with Gasteiger partial charge in [-0.05, 0) is 0 Å². The summed E-state index contributed by atoms with van der Waals surface area (Å²) in [6, 6.07) is 0. The Kier molecular flexibility index (Phi) is 1.44. The van der Waals surface area contributed by atoms with Gasteiger partial charge in [-0.2, -0.15) is 0 Å². The minimum atomic E-state index is 0. The quantitative estimate of drug-likeness (QED) is 0.505. The van der Waals surface area contributed by atoms with Gasteiger partial charge in [0.05, 0.1) is 0 Å². The molecule has 0 saturated carbocycles. The molecule has 0 radical (unpaired) electrons. The Balaban J connectivity index is 0. The van der Waals surface area contributed by atoms with E-state index in [1.54, 1.807) is 0 Å². The van der Waals surface area contributed by atoms with Gasteiger partial charge in [0.1, 0.15) is 0 Å².